The SMILES string of the molecule is Cc1nn(-c2ccccc2)c(C)c1CNC(=O)c1csc(CCN)n1. The van der Waals surface area contributed by atoms with Gasteiger partial charge < -0.3 is 11.1 Å². The molecule has 0 aliphatic heterocycles. The first-order valence-corrected chi connectivity index (χ1v) is 9.01. The summed E-state index contributed by atoms with van der Waals surface area (Å²) in [6, 6.07) is 9.96. The van der Waals surface area contributed by atoms with Crippen molar-refractivity contribution in [3.05, 3.63) is 63.4 Å². The third kappa shape index (κ3) is 3.78. The Morgan fingerprint density at radius 3 is 2.76 bits per heavy atom. The van der Waals surface area contributed by atoms with Crippen molar-refractivity contribution < 1.29 is 4.79 Å². The minimum absolute atomic E-state index is 0.175. The molecule has 3 N–H and O–H groups in total. The number of aryl methyl sites for hydroxylation is 1. The average Bonchev–Trinajstić information content (AvgIpc) is 3.19. The van der Waals surface area contributed by atoms with Crippen molar-refractivity contribution >= 4 is 17.2 Å². The number of hydrogen-bond acceptors (Lipinski definition) is 5. The maximum Gasteiger partial charge on any atom is 0.271 e. The summed E-state index contributed by atoms with van der Waals surface area (Å²) in [5, 5.41) is 10.2. The van der Waals surface area contributed by atoms with Crippen LogP contribution in [0.1, 0.15) is 32.4 Å². The molecule has 7 heteroatoms. The number of rotatable bonds is 6. The van der Waals surface area contributed by atoms with Gasteiger partial charge in [0.2, 0.25) is 0 Å². The molecule has 6 nitrogen and oxygen atoms in total. The van der Waals surface area contributed by atoms with Crippen LogP contribution in [0, 0.1) is 13.8 Å². The third-order valence-electron chi connectivity index (χ3n) is 4.01. The van der Waals surface area contributed by atoms with E-state index in [0.717, 1.165) is 27.6 Å². The largest absolute Gasteiger partial charge is 0.346 e. The van der Waals surface area contributed by atoms with Gasteiger partial charge in [-0.25, -0.2) is 9.67 Å². The zero-order valence-electron chi connectivity index (χ0n) is 14.3. The first kappa shape index (κ1) is 17.3. The Balaban J connectivity index is 1.73. The first-order valence-electron chi connectivity index (χ1n) is 8.13. The Bertz CT molecular complexity index is 869. The number of thiazole rings is 1. The maximum atomic E-state index is 12.3. The third-order valence-corrected chi connectivity index (χ3v) is 4.92. The fourth-order valence-electron chi connectivity index (χ4n) is 2.66. The number of carbonyl (C=O) groups excluding carboxylic acids is 1. The zero-order chi connectivity index (χ0) is 17.8. The fraction of sp³-hybridized carbons (Fsp3) is 0.278. The molecular formula is C18H21N5OS. The second kappa shape index (κ2) is 7.58. The monoisotopic (exact) mass is 355 g/mol. The highest BCUT2D eigenvalue weighted by Crippen LogP contribution is 2.18. The molecule has 0 radical (unpaired) electrons. The van der Waals surface area contributed by atoms with Crippen LogP contribution in [0.3, 0.4) is 0 Å². The number of nitrogens with one attached hydrogen (secondary N) is 1. The second-order valence-electron chi connectivity index (χ2n) is 5.74. The number of nitrogens with two attached hydrogens (primary N) is 1. The molecule has 130 valence electrons. The van der Waals surface area contributed by atoms with Gasteiger partial charge in [-0.2, -0.15) is 5.10 Å². The van der Waals surface area contributed by atoms with E-state index in [0.29, 0.717) is 25.2 Å². The summed E-state index contributed by atoms with van der Waals surface area (Å²) in [6.45, 7) is 4.92. The number of aromatic nitrogens is 3. The molecule has 25 heavy (non-hydrogen) atoms. The highest BCUT2D eigenvalue weighted by atomic mass is 32.1. The van der Waals surface area contributed by atoms with Crippen molar-refractivity contribution in [2.45, 2.75) is 26.8 Å². The lowest BCUT2D eigenvalue weighted by molar-refractivity contribution is 0.0946. The zero-order valence-corrected chi connectivity index (χ0v) is 15.1. The quantitative estimate of drug-likeness (QED) is 0.711. The van der Waals surface area contributed by atoms with Crippen LogP contribution in [0.4, 0.5) is 0 Å². The summed E-state index contributed by atoms with van der Waals surface area (Å²) < 4.78 is 1.90. The summed E-state index contributed by atoms with van der Waals surface area (Å²) in [7, 11) is 0. The van der Waals surface area contributed by atoms with Gasteiger partial charge in [0.25, 0.3) is 5.91 Å². The smallest absolute Gasteiger partial charge is 0.271 e. The molecule has 0 saturated carbocycles. The van der Waals surface area contributed by atoms with E-state index in [2.05, 4.69) is 15.4 Å². The van der Waals surface area contributed by atoms with E-state index in [9.17, 15) is 4.79 Å². The molecule has 0 atom stereocenters. The van der Waals surface area contributed by atoms with Crippen LogP contribution in [0.15, 0.2) is 35.7 Å². The van der Waals surface area contributed by atoms with Crippen LogP contribution in [-0.2, 0) is 13.0 Å². The number of amides is 1. The van der Waals surface area contributed by atoms with Crippen LogP contribution >= 0.6 is 11.3 Å². The molecule has 2 heterocycles. The van der Waals surface area contributed by atoms with Crippen LogP contribution < -0.4 is 11.1 Å². The predicted octanol–water partition coefficient (Wildman–Crippen LogP) is 2.38. The molecular weight excluding hydrogens is 334 g/mol. The standard InChI is InChI=1S/C18H21N5OS/c1-12-15(13(2)23(22-12)14-6-4-3-5-7-14)10-20-18(24)16-11-25-17(21-16)8-9-19/h3-7,11H,8-10,19H2,1-2H3,(H,20,24). The summed E-state index contributed by atoms with van der Waals surface area (Å²) >= 11 is 1.46. The molecule has 3 aromatic rings. The van der Waals surface area contributed by atoms with E-state index in [-0.39, 0.29) is 5.91 Å². The summed E-state index contributed by atoms with van der Waals surface area (Å²) in [6.07, 6.45) is 0.694. The molecule has 0 unspecified atom stereocenters. The number of para-hydroxylation sites is 1. The molecule has 1 aromatic carbocycles. The van der Waals surface area contributed by atoms with E-state index in [1.165, 1.54) is 11.3 Å². The minimum Gasteiger partial charge on any atom is -0.346 e. The van der Waals surface area contributed by atoms with Crippen molar-refractivity contribution in [3.8, 4) is 5.69 Å². The van der Waals surface area contributed by atoms with Crippen molar-refractivity contribution in [2.24, 2.45) is 5.73 Å². The molecule has 0 aliphatic carbocycles. The lowest BCUT2D eigenvalue weighted by Crippen LogP contribution is -2.23. The van der Waals surface area contributed by atoms with Gasteiger partial charge in [0.15, 0.2) is 0 Å². The van der Waals surface area contributed by atoms with Gasteiger partial charge >= 0.3 is 0 Å². The average molecular weight is 355 g/mol. The summed E-state index contributed by atoms with van der Waals surface area (Å²) in [5.41, 5.74) is 9.92. The predicted molar refractivity (Wildman–Crippen MR) is 99.1 cm³/mol. The number of hydrogen-bond donors (Lipinski definition) is 2. The van der Waals surface area contributed by atoms with E-state index < -0.39 is 0 Å². The highest BCUT2D eigenvalue weighted by molar-refractivity contribution is 7.09. The molecule has 0 bridgehead atoms. The number of nitrogens with zero attached hydrogens (tertiary/aromatic N) is 3. The minimum atomic E-state index is -0.175. The van der Waals surface area contributed by atoms with Gasteiger partial charge in [0.1, 0.15) is 5.69 Å². The molecule has 1 amide bonds. The molecule has 0 aliphatic rings. The Morgan fingerprint density at radius 2 is 2.04 bits per heavy atom. The molecule has 0 spiro atoms. The molecule has 0 fully saturated rings. The van der Waals surface area contributed by atoms with Crippen LogP contribution in [0.25, 0.3) is 5.69 Å². The van der Waals surface area contributed by atoms with E-state index in [4.69, 9.17) is 5.73 Å². The maximum absolute atomic E-state index is 12.3. The molecule has 2 aromatic heterocycles. The topological polar surface area (TPSA) is 85.8 Å². The summed E-state index contributed by atoms with van der Waals surface area (Å²) in [5.74, 6) is -0.175. The van der Waals surface area contributed by atoms with Crippen LogP contribution in [0.5, 0.6) is 0 Å². The van der Waals surface area contributed by atoms with Gasteiger partial charge in [0.05, 0.1) is 16.4 Å². The normalized spacial score (nSPS) is 10.8. The van der Waals surface area contributed by atoms with Crippen LogP contribution in [-0.4, -0.2) is 27.2 Å². The van der Waals surface area contributed by atoms with Gasteiger partial charge in [-0.15, -0.1) is 11.3 Å². The second-order valence-corrected chi connectivity index (χ2v) is 6.69. The van der Waals surface area contributed by atoms with Crippen molar-refractivity contribution in [1.29, 1.82) is 0 Å². The highest BCUT2D eigenvalue weighted by Gasteiger charge is 2.15. The van der Waals surface area contributed by atoms with Crippen molar-refractivity contribution in [1.82, 2.24) is 20.1 Å². The van der Waals surface area contributed by atoms with E-state index in [1.807, 2.05) is 48.9 Å². The van der Waals surface area contributed by atoms with E-state index >= 15 is 0 Å². The Labute approximate surface area is 150 Å². The molecule has 0 saturated heterocycles. The van der Waals surface area contributed by atoms with Gasteiger partial charge in [-0.3, -0.25) is 4.79 Å². The Kier molecular flexibility index (Phi) is 5.25. The number of carbonyl (C=O) groups is 1. The van der Waals surface area contributed by atoms with Crippen molar-refractivity contribution in [3.63, 3.8) is 0 Å². The lowest BCUT2D eigenvalue weighted by atomic mass is 10.2. The molecule has 3 rings (SSSR count). The summed E-state index contributed by atoms with van der Waals surface area (Å²) in [4.78, 5) is 16.6. The van der Waals surface area contributed by atoms with Gasteiger partial charge in [0, 0.05) is 29.6 Å². The lowest BCUT2D eigenvalue weighted by Gasteiger charge is -2.06. The van der Waals surface area contributed by atoms with Gasteiger partial charge in [-0.1, -0.05) is 18.2 Å². The number of benzene rings is 1. The van der Waals surface area contributed by atoms with E-state index in [1.54, 1.807) is 5.38 Å². The van der Waals surface area contributed by atoms with Gasteiger partial charge in [-0.05, 0) is 32.5 Å². The first-order chi connectivity index (χ1) is 12.1. The Morgan fingerprint density at radius 1 is 1.28 bits per heavy atom. The fourth-order valence-corrected chi connectivity index (χ4v) is 3.46. The van der Waals surface area contributed by atoms with Crippen molar-refractivity contribution in [2.75, 3.05) is 6.54 Å². The van der Waals surface area contributed by atoms with Crippen LogP contribution in [0.2, 0.25) is 0 Å². The Hall–Kier alpha value is -2.51.